The van der Waals surface area contributed by atoms with Crippen molar-refractivity contribution in [2.75, 3.05) is 19.6 Å². The summed E-state index contributed by atoms with van der Waals surface area (Å²) in [5, 5.41) is 0. The number of fused-ring (bicyclic) bond motifs is 3. The highest BCUT2D eigenvalue weighted by Gasteiger charge is 2.39. The molecule has 0 radical (unpaired) electrons. The molecule has 2 bridgehead atoms. The van der Waals surface area contributed by atoms with Gasteiger partial charge in [0.15, 0.2) is 0 Å². The largest absolute Gasteiger partial charge is 0.330 e. The molecular weight excluding hydrogens is 414 g/mol. The van der Waals surface area contributed by atoms with Gasteiger partial charge >= 0.3 is 0 Å². The molecule has 3 aliphatic heterocycles. The summed E-state index contributed by atoms with van der Waals surface area (Å²) in [6.45, 7) is 3.14. The van der Waals surface area contributed by atoms with Crippen molar-refractivity contribution in [1.29, 1.82) is 0 Å². The number of benzene rings is 2. The Morgan fingerprint density at radius 2 is 1.81 bits per heavy atom. The first-order valence-corrected chi connectivity index (χ1v) is 10.0. The molecule has 3 aliphatic rings. The number of carbonyl (C=O) groups is 1. The van der Waals surface area contributed by atoms with Gasteiger partial charge in [-0.25, -0.2) is 8.78 Å². The van der Waals surface area contributed by atoms with E-state index in [1.165, 1.54) is 30.3 Å². The lowest BCUT2D eigenvalue weighted by molar-refractivity contribution is 0.00433. The maximum Gasteiger partial charge on any atom is 0.254 e. The lowest BCUT2D eigenvalue weighted by Gasteiger charge is -2.49. The fraction of sp³-hybridized carbons (Fsp3) is 0.381. The molecule has 0 aromatic heterocycles. The van der Waals surface area contributed by atoms with Gasteiger partial charge < -0.3 is 9.80 Å². The van der Waals surface area contributed by atoms with Gasteiger partial charge in [0.25, 0.3) is 5.91 Å². The Kier molecular flexibility index (Phi) is 5.28. The maximum atomic E-state index is 14.4. The smallest absolute Gasteiger partial charge is 0.254 e. The Labute approximate surface area is 166 Å². The third-order valence-electron chi connectivity index (χ3n) is 5.72. The molecule has 5 rings (SSSR count). The van der Waals surface area contributed by atoms with Crippen LogP contribution in [0.2, 0.25) is 0 Å². The normalized spacial score (nSPS) is 24.0. The number of carbonyl (C=O) groups excluding carboxylic acids is 1. The van der Waals surface area contributed by atoms with Crippen LogP contribution in [0.1, 0.15) is 28.8 Å². The topological polar surface area (TPSA) is 23.6 Å². The molecule has 2 aromatic carbocycles. The number of nitrogens with zero attached hydrogens (tertiary/aromatic N) is 2. The van der Waals surface area contributed by atoms with Crippen LogP contribution in [0.15, 0.2) is 46.9 Å². The summed E-state index contributed by atoms with van der Waals surface area (Å²) in [6.07, 6.45) is 2.11. The van der Waals surface area contributed by atoms with Gasteiger partial charge in [0, 0.05) is 34.7 Å². The van der Waals surface area contributed by atoms with Crippen LogP contribution < -0.4 is 0 Å². The highest BCUT2D eigenvalue weighted by molar-refractivity contribution is 9.10. The zero-order valence-electron chi connectivity index (χ0n) is 14.9. The standard InChI is InChI=1S/C21H21BrF2N2O/c22-17-3-6-19(24)16(11-17)12-26(20-13-25-9-7-14(20)8-10-25)21(27)15-1-4-18(23)5-2-15/h1-6,11,14,20H,7-10,12-13H2/t20-/m0/s1. The van der Waals surface area contributed by atoms with Crippen molar-refractivity contribution in [3.63, 3.8) is 0 Å². The van der Waals surface area contributed by atoms with Crippen LogP contribution in [-0.2, 0) is 6.54 Å². The van der Waals surface area contributed by atoms with Crippen molar-refractivity contribution < 1.29 is 13.6 Å². The van der Waals surface area contributed by atoms with Gasteiger partial charge in [-0.2, -0.15) is 0 Å². The molecule has 3 fully saturated rings. The van der Waals surface area contributed by atoms with Crippen molar-refractivity contribution in [3.8, 4) is 0 Å². The minimum atomic E-state index is -0.376. The molecule has 0 unspecified atom stereocenters. The average molecular weight is 435 g/mol. The van der Waals surface area contributed by atoms with E-state index in [0.717, 1.165) is 36.9 Å². The van der Waals surface area contributed by atoms with Crippen molar-refractivity contribution >= 4 is 21.8 Å². The van der Waals surface area contributed by atoms with Crippen molar-refractivity contribution in [3.05, 3.63) is 69.7 Å². The average Bonchev–Trinajstić information content (AvgIpc) is 2.69. The highest BCUT2D eigenvalue weighted by Crippen LogP contribution is 2.33. The second kappa shape index (κ2) is 7.68. The van der Waals surface area contributed by atoms with Crippen LogP contribution in [0.3, 0.4) is 0 Å². The van der Waals surface area contributed by atoms with Crippen molar-refractivity contribution in [2.24, 2.45) is 5.92 Å². The molecule has 1 atom stereocenters. The molecule has 1 amide bonds. The molecule has 0 aliphatic carbocycles. The minimum absolute atomic E-state index is 0.0448. The van der Waals surface area contributed by atoms with Crippen LogP contribution in [0.5, 0.6) is 0 Å². The zero-order chi connectivity index (χ0) is 19.0. The number of hydrogen-bond donors (Lipinski definition) is 0. The maximum absolute atomic E-state index is 14.4. The lowest BCUT2D eigenvalue weighted by Crippen LogP contribution is -2.58. The summed E-state index contributed by atoms with van der Waals surface area (Å²) in [4.78, 5) is 17.4. The number of hydrogen-bond acceptors (Lipinski definition) is 2. The van der Waals surface area contributed by atoms with E-state index >= 15 is 0 Å². The fourth-order valence-electron chi connectivity index (χ4n) is 4.23. The summed E-state index contributed by atoms with van der Waals surface area (Å²) in [5.41, 5.74) is 0.916. The van der Waals surface area contributed by atoms with E-state index in [1.54, 1.807) is 17.0 Å². The van der Waals surface area contributed by atoms with E-state index in [9.17, 15) is 13.6 Å². The summed E-state index contributed by atoms with van der Waals surface area (Å²) < 4.78 is 28.5. The molecule has 0 N–H and O–H groups in total. The molecule has 142 valence electrons. The van der Waals surface area contributed by atoms with Crippen LogP contribution in [0, 0.1) is 17.6 Å². The quantitative estimate of drug-likeness (QED) is 0.708. The first kappa shape index (κ1) is 18.6. The number of rotatable bonds is 4. The van der Waals surface area contributed by atoms with E-state index in [2.05, 4.69) is 20.8 Å². The molecule has 27 heavy (non-hydrogen) atoms. The van der Waals surface area contributed by atoms with Crippen molar-refractivity contribution in [2.45, 2.75) is 25.4 Å². The van der Waals surface area contributed by atoms with Crippen LogP contribution in [-0.4, -0.2) is 41.4 Å². The van der Waals surface area contributed by atoms with Gasteiger partial charge in [-0.3, -0.25) is 4.79 Å². The Morgan fingerprint density at radius 3 is 2.44 bits per heavy atom. The van der Waals surface area contributed by atoms with E-state index < -0.39 is 0 Å². The summed E-state index contributed by atoms with van der Waals surface area (Å²) in [6, 6.07) is 10.4. The molecule has 3 nitrogen and oxygen atoms in total. The lowest BCUT2D eigenvalue weighted by atomic mass is 9.82. The fourth-order valence-corrected chi connectivity index (χ4v) is 4.64. The molecule has 6 heteroatoms. The van der Waals surface area contributed by atoms with Gasteiger partial charge in [0.1, 0.15) is 11.6 Å². The molecule has 0 spiro atoms. The molecule has 0 saturated carbocycles. The van der Waals surface area contributed by atoms with Crippen LogP contribution >= 0.6 is 15.9 Å². The second-order valence-corrected chi connectivity index (χ2v) is 8.30. The molecule has 3 saturated heterocycles. The van der Waals surface area contributed by atoms with Gasteiger partial charge in [0.2, 0.25) is 0 Å². The summed E-state index contributed by atoms with van der Waals surface area (Å²) in [7, 11) is 0. The van der Waals surface area contributed by atoms with Crippen LogP contribution in [0.25, 0.3) is 0 Å². The third-order valence-corrected chi connectivity index (χ3v) is 6.22. The Balaban J connectivity index is 1.67. The Morgan fingerprint density at radius 1 is 1.11 bits per heavy atom. The summed E-state index contributed by atoms with van der Waals surface area (Å²) in [5.74, 6) is -0.446. The predicted octanol–water partition coefficient (Wildman–Crippen LogP) is 4.46. The first-order chi connectivity index (χ1) is 13.0. The first-order valence-electron chi connectivity index (χ1n) is 9.24. The Hall–Kier alpha value is -1.79. The highest BCUT2D eigenvalue weighted by atomic mass is 79.9. The van der Waals surface area contributed by atoms with E-state index in [-0.39, 0.29) is 30.1 Å². The third kappa shape index (κ3) is 3.92. The van der Waals surface area contributed by atoms with Crippen LogP contribution in [0.4, 0.5) is 8.78 Å². The van der Waals surface area contributed by atoms with E-state index in [1.807, 2.05) is 0 Å². The van der Waals surface area contributed by atoms with Gasteiger partial charge in [-0.1, -0.05) is 15.9 Å². The SMILES string of the molecule is O=C(c1ccc(F)cc1)N(Cc1cc(Br)ccc1F)[C@H]1CN2CCC1CC2. The zero-order valence-corrected chi connectivity index (χ0v) is 16.5. The summed E-state index contributed by atoms with van der Waals surface area (Å²) >= 11 is 3.38. The number of piperidine rings is 3. The molecular formula is C21H21BrF2N2O. The molecule has 2 aromatic rings. The Bertz CT molecular complexity index is 835. The van der Waals surface area contributed by atoms with Gasteiger partial charge in [-0.15, -0.1) is 0 Å². The second-order valence-electron chi connectivity index (χ2n) is 7.38. The van der Waals surface area contributed by atoms with Gasteiger partial charge in [-0.05, 0) is 74.3 Å². The number of amides is 1. The van der Waals surface area contributed by atoms with Gasteiger partial charge in [0.05, 0.1) is 0 Å². The van der Waals surface area contributed by atoms with Crippen molar-refractivity contribution in [1.82, 2.24) is 9.80 Å². The minimum Gasteiger partial charge on any atom is -0.330 e. The number of halogens is 3. The van der Waals surface area contributed by atoms with E-state index in [0.29, 0.717) is 17.0 Å². The predicted molar refractivity (Wildman–Crippen MR) is 103 cm³/mol. The molecule has 3 heterocycles. The monoisotopic (exact) mass is 434 g/mol. The van der Waals surface area contributed by atoms with E-state index in [4.69, 9.17) is 0 Å².